The van der Waals surface area contributed by atoms with Crippen molar-refractivity contribution in [3.8, 4) is 0 Å². The molecule has 0 amide bonds. The number of H-pyrrole nitrogens is 1. The lowest BCUT2D eigenvalue weighted by Crippen LogP contribution is -2.10. The first-order valence-corrected chi connectivity index (χ1v) is 11.0. The molecule has 0 saturated carbocycles. The highest BCUT2D eigenvalue weighted by Gasteiger charge is 2.30. The van der Waals surface area contributed by atoms with E-state index in [9.17, 15) is 21.6 Å². The van der Waals surface area contributed by atoms with Crippen LogP contribution in [0.4, 0.5) is 13.2 Å². The zero-order valence-electron chi connectivity index (χ0n) is 16.1. The van der Waals surface area contributed by atoms with E-state index in [0.717, 1.165) is 46.8 Å². The molecule has 0 bridgehead atoms. The number of alkyl halides is 3. The first kappa shape index (κ1) is 21.4. The molecule has 8 heteroatoms. The van der Waals surface area contributed by atoms with Crippen molar-refractivity contribution >= 4 is 21.0 Å². The topological polar surface area (TPSA) is 59.2 Å². The maximum Gasteiger partial charge on any atom is 0.416 e. The molecule has 0 spiro atoms. The molecule has 0 aliphatic rings. The van der Waals surface area contributed by atoms with Crippen LogP contribution in [0, 0.1) is 0 Å². The second-order valence-electron chi connectivity index (χ2n) is 6.92. The lowest BCUT2D eigenvalue weighted by molar-refractivity contribution is -0.137. The van der Waals surface area contributed by atoms with Crippen LogP contribution in [0.3, 0.4) is 0 Å². The van der Waals surface area contributed by atoms with Crippen LogP contribution in [0.25, 0.3) is 10.9 Å². The van der Waals surface area contributed by atoms with Crippen LogP contribution in [-0.2, 0) is 26.9 Å². The summed E-state index contributed by atoms with van der Waals surface area (Å²) in [6.07, 6.45) is -0.461. The third-order valence-electron chi connectivity index (χ3n) is 4.93. The molecule has 4 nitrogen and oxygen atoms in total. The van der Waals surface area contributed by atoms with E-state index < -0.39 is 21.9 Å². The normalized spacial score (nSPS) is 13.7. The van der Waals surface area contributed by atoms with E-state index in [-0.39, 0.29) is 12.5 Å². The van der Waals surface area contributed by atoms with E-state index in [4.69, 9.17) is 4.18 Å². The summed E-state index contributed by atoms with van der Waals surface area (Å²) >= 11 is 0. The molecule has 1 N–H and O–H groups in total. The van der Waals surface area contributed by atoms with Crippen LogP contribution in [0.15, 0.2) is 48.7 Å². The first-order chi connectivity index (χ1) is 13.6. The summed E-state index contributed by atoms with van der Waals surface area (Å²) in [7, 11) is -3.61. The highest BCUT2D eigenvalue weighted by Crippen LogP contribution is 2.36. The fourth-order valence-electron chi connectivity index (χ4n) is 3.55. The molecule has 29 heavy (non-hydrogen) atoms. The molecule has 0 saturated heterocycles. The van der Waals surface area contributed by atoms with Crippen LogP contribution in [-0.4, -0.2) is 26.3 Å². The van der Waals surface area contributed by atoms with Gasteiger partial charge in [0.25, 0.3) is 10.1 Å². The Hall–Kier alpha value is -2.32. The second-order valence-corrected chi connectivity index (χ2v) is 8.57. The van der Waals surface area contributed by atoms with Crippen LogP contribution in [0.2, 0.25) is 0 Å². The SMILES string of the molecule is CCc1cccc2c(C(CCOS(C)(=O)=O)c3ccc(C(F)(F)F)cc3)c[nH]c12. The average Bonchev–Trinajstić information content (AvgIpc) is 3.08. The lowest BCUT2D eigenvalue weighted by atomic mass is 9.87. The van der Waals surface area contributed by atoms with Gasteiger partial charge in [-0.3, -0.25) is 4.18 Å². The number of halogens is 3. The lowest BCUT2D eigenvalue weighted by Gasteiger charge is -2.18. The van der Waals surface area contributed by atoms with E-state index in [1.165, 1.54) is 12.1 Å². The molecule has 2 aromatic carbocycles. The van der Waals surface area contributed by atoms with E-state index in [2.05, 4.69) is 4.98 Å². The standard InChI is InChI=1S/C21H22F3NO3S/c1-3-14-5-4-6-18-19(13-25-20(14)18)17(11-12-28-29(2,26)27)15-7-9-16(10-8-15)21(22,23)24/h4-10,13,17,25H,3,11-12H2,1-2H3. The second kappa shape index (κ2) is 8.20. The number of nitrogens with one attached hydrogen (secondary N) is 1. The summed E-state index contributed by atoms with van der Waals surface area (Å²) in [6.45, 7) is 1.98. The molecule has 1 atom stereocenters. The van der Waals surface area contributed by atoms with Crippen molar-refractivity contribution in [2.45, 2.75) is 31.9 Å². The quantitative estimate of drug-likeness (QED) is 0.526. The number of aromatic amines is 1. The molecule has 1 aromatic heterocycles. The number of hydrogen-bond acceptors (Lipinski definition) is 3. The van der Waals surface area contributed by atoms with E-state index in [0.29, 0.717) is 12.0 Å². The number of aromatic nitrogens is 1. The van der Waals surface area contributed by atoms with Gasteiger partial charge in [-0.05, 0) is 41.7 Å². The summed E-state index contributed by atoms with van der Waals surface area (Å²) < 4.78 is 66.3. The van der Waals surface area contributed by atoms with Crippen LogP contribution in [0.5, 0.6) is 0 Å². The Labute approximate surface area is 167 Å². The minimum Gasteiger partial charge on any atom is -0.361 e. The van der Waals surface area contributed by atoms with Crippen molar-refractivity contribution in [1.29, 1.82) is 0 Å². The Morgan fingerprint density at radius 3 is 2.38 bits per heavy atom. The number of rotatable bonds is 7. The highest BCUT2D eigenvalue weighted by molar-refractivity contribution is 7.85. The van der Waals surface area contributed by atoms with Gasteiger partial charge in [0.1, 0.15) is 0 Å². The Morgan fingerprint density at radius 1 is 1.10 bits per heavy atom. The van der Waals surface area contributed by atoms with Crippen LogP contribution >= 0.6 is 0 Å². The molecule has 0 fully saturated rings. The maximum atomic E-state index is 12.9. The molecule has 3 rings (SSSR count). The first-order valence-electron chi connectivity index (χ1n) is 9.20. The van der Waals surface area contributed by atoms with Crippen molar-refractivity contribution in [2.75, 3.05) is 12.9 Å². The molecule has 1 heterocycles. The summed E-state index contributed by atoms with van der Waals surface area (Å²) in [5, 5.41) is 0.966. The minimum absolute atomic E-state index is 0.0648. The number of benzene rings is 2. The molecule has 0 radical (unpaired) electrons. The summed E-state index contributed by atoms with van der Waals surface area (Å²) in [6, 6.07) is 10.9. The van der Waals surface area contributed by atoms with Gasteiger partial charge in [-0.15, -0.1) is 0 Å². The van der Waals surface area contributed by atoms with Crippen molar-refractivity contribution in [1.82, 2.24) is 4.98 Å². The van der Waals surface area contributed by atoms with Gasteiger partial charge in [0.2, 0.25) is 0 Å². The number of fused-ring (bicyclic) bond motifs is 1. The van der Waals surface area contributed by atoms with Crippen LogP contribution < -0.4 is 0 Å². The van der Waals surface area contributed by atoms with Gasteiger partial charge < -0.3 is 4.98 Å². The maximum absolute atomic E-state index is 12.9. The fraction of sp³-hybridized carbons (Fsp3) is 0.333. The molecule has 0 aliphatic heterocycles. The monoisotopic (exact) mass is 425 g/mol. The molecule has 156 valence electrons. The molecule has 1 unspecified atom stereocenters. The summed E-state index contributed by atoms with van der Waals surface area (Å²) in [5.41, 5.74) is 2.95. The van der Waals surface area contributed by atoms with Crippen molar-refractivity contribution in [3.05, 3.63) is 70.9 Å². The molecular formula is C21H22F3NO3S. The van der Waals surface area contributed by atoms with Gasteiger partial charge in [0.15, 0.2) is 0 Å². The Bertz CT molecular complexity index is 1090. The molecular weight excluding hydrogens is 403 g/mol. The predicted octanol–water partition coefficient (Wildman–Crippen LogP) is 5.25. The number of para-hydroxylation sites is 1. The predicted molar refractivity (Wildman–Crippen MR) is 106 cm³/mol. The third-order valence-corrected chi connectivity index (χ3v) is 5.53. The van der Waals surface area contributed by atoms with Gasteiger partial charge in [0.05, 0.1) is 18.4 Å². The minimum atomic E-state index is -4.41. The van der Waals surface area contributed by atoms with E-state index in [1.54, 1.807) is 0 Å². The van der Waals surface area contributed by atoms with Gasteiger partial charge in [-0.25, -0.2) is 0 Å². The van der Waals surface area contributed by atoms with Crippen molar-refractivity contribution < 1.29 is 25.8 Å². The third kappa shape index (κ3) is 5.00. The van der Waals surface area contributed by atoms with Gasteiger partial charge in [-0.1, -0.05) is 37.3 Å². The highest BCUT2D eigenvalue weighted by atomic mass is 32.2. The molecule has 3 aromatic rings. The zero-order valence-corrected chi connectivity index (χ0v) is 16.9. The van der Waals surface area contributed by atoms with E-state index >= 15 is 0 Å². The Kier molecular flexibility index (Phi) is 6.05. The summed E-state index contributed by atoms with van der Waals surface area (Å²) in [5.74, 6) is -0.320. The number of aryl methyl sites for hydroxylation is 1. The van der Waals surface area contributed by atoms with Crippen molar-refractivity contribution in [3.63, 3.8) is 0 Å². The largest absolute Gasteiger partial charge is 0.416 e. The van der Waals surface area contributed by atoms with Gasteiger partial charge in [0, 0.05) is 23.0 Å². The fourth-order valence-corrected chi connectivity index (χ4v) is 3.94. The Balaban J connectivity index is 2.02. The summed E-state index contributed by atoms with van der Waals surface area (Å²) in [4.78, 5) is 3.26. The van der Waals surface area contributed by atoms with Crippen molar-refractivity contribution in [2.24, 2.45) is 0 Å². The van der Waals surface area contributed by atoms with Gasteiger partial charge in [-0.2, -0.15) is 21.6 Å². The van der Waals surface area contributed by atoms with Gasteiger partial charge >= 0.3 is 6.18 Å². The number of hydrogen-bond donors (Lipinski definition) is 1. The van der Waals surface area contributed by atoms with Crippen LogP contribution in [0.1, 0.15) is 41.5 Å². The Morgan fingerprint density at radius 2 is 1.79 bits per heavy atom. The molecule has 0 aliphatic carbocycles. The zero-order chi connectivity index (χ0) is 21.2. The van der Waals surface area contributed by atoms with E-state index in [1.807, 2.05) is 31.3 Å². The smallest absolute Gasteiger partial charge is 0.361 e. The average molecular weight is 425 g/mol.